The summed E-state index contributed by atoms with van der Waals surface area (Å²) in [5.74, 6) is -1.08. The van der Waals surface area contributed by atoms with Gasteiger partial charge in [0.15, 0.2) is 11.6 Å². The summed E-state index contributed by atoms with van der Waals surface area (Å²) < 4.78 is 34.5. The van der Waals surface area contributed by atoms with E-state index in [4.69, 9.17) is 10.5 Å². The van der Waals surface area contributed by atoms with Crippen molar-refractivity contribution in [1.82, 2.24) is 19.9 Å². The second-order valence-electron chi connectivity index (χ2n) is 7.91. The molecule has 1 aliphatic rings. The Bertz CT molecular complexity index is 1310. The normalized spacial score (nSPS) is 14.5. The lowest BCUT2D eigenvalue weighted by Gasteiger charge is -2.17. The summed E-state index contributed by atoms with van der Waals surface area (Å²) in [6.45, 7) is 1.83. The minimum absolute atomic E-state index is 0.0610. The van der Waals surface area contributed by atoms with Gasteiger partial charge < -0.3 is 21.1 Å². The number of ether oxygens (including phenoxy) is 1. The van der Waals surface area contributed by atoms with Crippen molar-refractivity contribution in [2.45, 2.75) is 38.9 Å². The fraction of sp³-hybridized carbons (Fsp3) is 0.304. The number of pyridine rings is 1. The monoisotopic (exact) mass is 470 g/mol. The van der Waals surface area contributed by atoms with Crippen LogP contribution in [0.1, 0.15) is 35.1 Å². The maximum atomic E-state index is 14.2. The first-order chi connectivity index (χ1) is 16.3. The lowest BCUT2D eigenvalue weighted by atomic mass is 10.1. The summed E-state index contributed by atoms with van der Waals surface area (Å²) in [5, 5.41) is 5.64. The average Bonchev–Trinajstić information content (AvgIpc) is 3.25. The number of methoxy groups -OCH3 is 1. The molecule has 0 bridgehead atoms. The van der Waals surface area contributed by atoms with Gasteiger partial charge in [-0.05, 0) is 37.1 Å². The van der Waals surface area contributed by atoms with Gasteiger partial charge in [-0.25, -0.2) is 18.7 Å². The number of fused-ring (bicyclic) bond motifs is 1. The third-order valence-electron chi connectivity index (χ3n) is 5.81. The van der Waals surface area contributed by atoms with Crippen molar-refractivity contribution in [2.75, 3.05) is 18.2 Å². The number of hydrogen-bond donors (Lipinski definition) is 3. The summed E-state index contributed by atoms with van der Waals surface area (Å²) in [6, 6.07) is 4.66. The number of nitrogens with zero attached hydrogens (tertiary/aromatic N) is 3. The molecule has 1 aromatic carbocycles. The van der Waals surface area contributed by atoms with E-state index in [1.807, 2.05) is 0 Å². The zero-order chi connectivity index (χ0) is 24.4. The van der Waals surface area contributed by atoms with Crippen LogP contribution in [-0.2, 0) is 24.3 Å². The maximum absolute atomic E-state index is 14.2. The standard InChI is InChI=1S/C23H24F2N6O3/c1-12-13(3-7-19(26)30-12)9-29-22(32)18-6-8-20-28-11-17(23(33)31(18)20)27-10-14-15(24)4-5-16(25)21(14)34-2/h3-5,7,11,18,27H,6,8-10H2,1-2H3,(H2,26,30)(H,29,32)/t18-/m0/s1. The Kier molecular flexibility index (Phi) is 6.44. The molecule has 0 saturated heterocycles. The number of carbonyl (C=O) groups is 1. The molecule has 4 N–H and O–H groups in total. The summed E-state index contributed by atoms with van der Waals surface area (Å²) in [5.41, 5.74) is 6.72. The zero-order valence-electron chi connectivity index (χ0n) is 18.7. The molecule has 4 rings (SSSR count). The van der Waals surface area contributed by atoms with Crippen LogP contribution in [0, 0.1) is 18.6 Å². The van der Waals surface area contributed by atoms with E-state index in [1.54, 1.807) is 19.1 Å². The lowest BCUT2D eigenvalue weighted by Crippen LogP contribution is -2.36. The average molecular weight is 470 g/mol. The smallest absolute Gasteiger partial charge is 0.277 e. The van der Waals surface area contributed by atoms with E-state index in [-0.39, 0.29) is 36.0 Å². The van der Waals surface area contributed by atoms with Crippen molar-refractivity contribution in [3.8, 4) is 5.75 Å². The van der Waals surface area contributed by atoms with E-state index < -0.39 is 23.2 Å². The molecule has 1 atom stereocenters. The van der Waals surface area contributed by atoms with Crippen molar-refractivity contribution in [3.63, 3.8) is 0 Å². The number of halogens is 2. The van der Waals surface area contributed by atoms with E-state index in [0.29, 0.717) is 30.2 Å². The van der Waals surface area contributed by atoms with Crippen molar-refractivity contribution >= 4 is 17.4 Å². The van der Waals surface area contributed by atoms with Gasteiger partial charge in [0.25, 0.3) is 5.56 Å². The Morgan fingerprint density at radius 1 is 1.24 bits per heavy atom. The van der Waals surface area contributed by atoms with Crippen LogP contribution in [-0.4, -0.2) is 27.6 Å². The molecule has 11 heteroatoms. The van der Waals surface area contributed by atoms with Gasteiger partial charge in [-0.15, -0.1) is 0 Å². The number of aryl methyl sites for hydroxylation is 2. The van der Waals surface area contributed by atoms with E-state index >= 15 is 0 Å². The predicted molar refractivity (Wildman–Crippen MR) is 121 cm³/mol. The number of nitrogens with one attached hydrogen (secondary N) is 2. The molecule has 1 aliphatic heterocycles. The van der Waals surface area contributed by atoms with Gasteiger partial charge >= 0.3 is 0 Å². The van der Waals surface area contributed by atoms with Gasteiger partial charge in [-0.3, -0.25) is 14.2 Å². The lowest BCUT2D eigenvalue weighted by molar-refractivity contribution is -0.124. The van der Waals surface area contributed by atoms with E-state index in [0.717, 1.165) is 17.7 Å². The van der Waals surface area contributed by atoms with Crippen molar-refractivity contribution in [3.05, 3.63) is 75.1 Å². The quantitative estimate of drug-likeness (QED) is 0.484. The zero-order valence-corrected chi connectivity index (χ0v) is 18.7. The number of carbonyl (C=O) groups excluding carboxylic acids is 1. The molecule has 2 aromatic heterocycles. The van der Waals surface area contributed by atoms with E-state index in [9.17, 15) is 18.4 Å². The van der Waals surface area contributed by atoms with Gasteiger partial charge in [0.2, 0.25) is 5.91 Å². The number of nitrogens with two attached hydrogens (primary N) is 1. The highest BCUT2D eigenvalue weighted by molar-refractivity contribution is 5.81. The predicted octanol–water partition coefficient (Wildman–Crippen LogP) is 2.23. The molecule has 1 amide bonds. The largest absolute Gasteiger partial charge is 0.493 e. The van der Waals surface area contributed by atoms with Crippen LogP contribution < -0.4 is 26.7 Å². The number of rotatable bonds is 7. The summed E-state index contributed by atoms with van der Waals surface area (Å²) in [7, 11) is 1.23. The second kappa shape index (κ2) is 9.46. The molecule has 9 nitrogen and oxygen atoms in total. The van der Waals surface area contributed by atoms with Crippen LogP contribution in [0.4, 0.5) is 20.3 Å². The molecule has 0 unspecified atom stereocenters. The van der Waals surface area contributed by atoms with Gasteiger partial charge in [0.1, 0.15) is 29.2 Å². The molecule has 0 aliphatic carbocycles. The molecule has 0 saturated carbocycles. The van der Waals surface area contributed by atoms with E-state index in [2.05, 4.69) is 20.6 Å². The third kappa shape index (κ3) is 4.41. The Balaban J connectivity index is 1.52. The molecule has 0 spiro atoms. The molecule has 34 heavy (non-hydrogen) atoms. The highest BCUT2D eigenvalue weighted by atomic mass is 19.1. The van der Waals surface area contributed by atoms with Crippen molar-refractivity contribution in [2.24, 2.45) is 0 Å². The Morgan fingerprint density at radius 2 is 2.00 bits per heavy atom. The highest BCUT2D eigenvalue weighted by Crippen LogP contribution is 2.27. The van der Waals surface area contributed by atoms with Gasteiger partial charge in [0, 0.05) is 25.2 Å². The van der Waals surface area contributed by atoms with Gasteiger partial charge in [-0.1, -0.05) is 6.07 Å². The minimum atomic E-state index is -0.737. The summed E-state index contributed by atoms with van der Waals surface area (Å²) >= 11 is 0. The van der Waals surface area contributed by atoms with Gasteiger partial charge in [-0.2, -0.15) is 0 Å². The maximum Gasteiger partial charge on any atom is 0.277 e. The van der Waals surface area contributed by atoms with Gasteiger partial charge in [0.05, 0.1) is 18.9 Å². The van der Waals surface area contributed by atoms with Crippen LogP contribution >= 0.6 is 0 Å². The molecule has 0 radical (unpaired) electrons. The Morgan fingerprint density at radius 3 is 2.74 bits per heavy atom. The minimum Gasteiger partial charge on any atom is -0.493 e. The molecular weight excluding hydrogens is 446 g/mol. The first-order valence-electron chi connectivity index (χ1n) is 10.6. The molecule has 3 aromatic rings. The van der Waals surface area contributed by atoms with Crippen molar-refractivity contribution < 1.29 is 18.3 Å². The number of benzene rings is 1. The van der Waals surface area contributed by atoms with Crippen molar-refractivity contribution in [1.29, 1.82) is 0 Å². The topological polar surface area (TPSA) is 124 Å². The fourth-order valence-electron chi connectivity index (χ4n) is 4.01. The van der Waals surface area contributed by atoms with Crippen LogP contribution in [0.3, 0.4) is 0 Å². The summed E-state index contributed by atoms with van der Waals surface area (Å²) in [6.07, 6.45) is 2.22. The Labute approximate surface area is 194 Å². The molecular formula is C23H24F2N6O3. The first-order valence-corrected chi connectivity index (χ1v) is 10.6. The number of aromatic nitrogens is 3. The number of amides is 1. The third-order valence-corrected chi connectivity index (χ3v) is 5.81. The Hall–Kier alpha value is -4.02. The number of anilines is 2. The molecule has 178 valence electrons. The number of nitrogen functional groups attached to an aromatic ring is 1. The van der Waals surface area contributed by atoms with E-state index in [1.165, 1.54) is 17.9 Å². The summed E-state index contributed by atoms with van der Waals surface area (Å²) in [4.78, 5) is 34.5. The molecule has 3 heterocycles. The van der Waals surface area contributed by atoms with Crippen LogP contribution in [0.25, 0.3) is 0 Å². The SMILES string of the molecule is COc1c(F)ccc(F)c1CNc1cnc2n(c1=O)[C@H](C(=O)NCc1ccc(N)nc1C)CC2. The first kappa shape index (κ1) is 23.1. The molecule has 0 fully saturated rings. The van der Waals surface area contributed by atoms with Crippen LogP contribution in [0.2, 0.25) is 0 Å². The number of hydrogen-bond acceptors (Lipinski definition) is 7. The highest BCUT2D eigenvalue weighted by Gasteiger charge is 2.31. The fourth-order valence-corrected chi connectivity index (χ4v) is 4.01. The second-order valence-corrected chi connectivity index (χ2v) is 7.91. The van der Waals surface area contributed by atoms with Crippen LogP contribution in [0.15, 0.2) is 35.3 Å². The van der Waals surface area contributed by atoms with Crippen LogP contribution in [0.5, 0.6) is 5.75 Å².